The number of carbonyl (C=O) groups excluding carboxylic acids is 1. The Morgan fingerprint density at radius 1 is 0.971 bits per heavy atom. The van der Waals surface area contributed by atoms with Crippen molar-refractivity contribution in [3.8, 4) is 5.75 Å². The molecule has 1 heterocycles. The molecule has 1 amide bonds. The number of nitrogens with one attached hydrogen (secondary N) is 1. The smallest absolute Gasteiger partial charge is 0.241 e. The maximum absolute atomic E-state index is 14.0. The van der Waals surface area contributed by atoms with E-state index in [0.29, 0.717) is 31.2 Å². The van der Waals surface area contributed by atoms with Crippen molar-refractivity contribution in [1.29, 1.82) is 0 Å². The number of likely N-dealkylation sites (N-methyl/N-ethyl adjacent to an activating group) is 1. The Hall–Kier alpha value is -2.37. The zero-order chi connectivity index (χ0) is 24.0. The Kier molecular flexibility index (Phi) is 8.05. The molecule has 5 heteroatoms. The van der Waals surface area contributed by atoms with Gasteiger partial charge in [0.1, 0.15) is 5.75 Å². The Bertz CT molecular complexity index is 942. The summed E-state index contributed by atoms with van der Waals surface area (Å²) in [6.07, 6.45) is 10.2. The number of nitrogens with zero attached hydrogens (tertiary/aromatic N) is 2. The lowest BCUT2D eigenvalue weighted by atomic mass is 9.78. The van der Waals surface area contributed by atoms with Gasteiger partial charge in [-0.2, -0.15) is 0 Å². The first-order chi connectivity index (χ1) is 17.2. The van der Waals surface area contributed by atoms with Crippen molar-refractivity contribution < 1.29 is 9.53 Å². The predicted molar refractivity (Wildman–Crippen MR) is 140 cm³/mol. The number of amides is 1. The fourth-order valence-corrected chi connectivity index (χ4v) is 5.91. The zero-order valence-corrected chi connectivity index (χ0v) is 21.2. The SMILES string of the molecule is CN(Cc1ccccc1)C[C@@H](NCc1ccc(OC2CC2)cc1)C(=O)N1CCC[C@H]2CCCC[C@@H]21. The number of ether oxygens (including phenoxy) is 1. The molecule has 35 heavy (non-hydrogen) atoms. The Balaban J connectivity index is 1.25. The molecule has 2 aromatic carbocycles. The summed E-state index contributed by atoms with van der Waals surface area (Å²) in [6, 6.07) is 19.1. The molecule has 0 bridgehead atoms. The summed E-state index contributed by atoms with van der Waals surface area (Å²) in [4.78, 5) is 18.5. The number of hydrogen-bond acceptors (Lipinski definition) is 4. The molecule has 0 unspecified atom stereocenters. The minimum Gasteiger partial charge on any atom is -0.490 e. The van der Waals surface area contributed by atoms with Crippen LogP contribution in [0.15, 0.2) is 54.6 Å². The lowest BCUT2D eigenvalue weighted by molar-refractivity contribution is -0.140. The first-order valence-electron chi connectivity index (χ1n) is 13.7. The van der Waals surface area contributed by atoms with E-state index in [1.165, 1.54) is 56.1 Å². The highest BCUT2D eigenvalue weighted by Crippen LogP contribution is 2.35. The van der Waals surface area contributed by atoms with Crippen LogP contribution in [0.1, 0.15) is 62.5 Å². The summed E-state index contributed by atoms with van der Waals surface area (Å²) in [7, 11) is 2.12. The molecule has 1 saturated heterocycles. The van der Waals surface area contributed by atoms with Crippen LogP contribution in [0.25, 0.3) is 0 Å². The summed E-state index contributed by atoms with van der Waals surface area (Å²) >= 11 is 0. The third-order valence-corrected chi connectivity index (χ3v) is 7.92. The van der Waals surface area contributed by atoms with Crippen molar-refractivity contribution in [3.05, 3.63) is 65.7 Å². The molecule has 3 aliphatic rings. The number of fused-ring (bicyclic) bond motifs is 1. The predicted octanol–water partition coefficient (Wildman–Crippen LogP) is 5.00. The number of benzene rings is 2. The molecule has 3 atom stereocenters. The molecule has 0 spiro atoms. The van der Waals surface area contributed by atoms with Gasteiger partial charge < -0.3 is 19.9 Å². The summed E-state index contributed by atoms with van der Waals surface area (Å²) in [6.45, 7) is 3.13. The third-order valence-electron chi connectivity index (χ3n) is 7.92. The molecule has 5 rings (SSSR count). The summed E-state index contributed by atoms with van der Waals surface area (Å²) in [5, 5.41) is 3.64. The van der Waals surface area contributed by atoms with Gasteiger partial charge in [-0.1, -0.05) is 55.3 Å². The number of piperidine rings is 1. The van der Waals surface area contributed by atoms with Crippen LogP contribution in [0.4, 0.5) is 0 Å². The first kappa shape index (κ1) is 24.3. The second-order valence-corrected chi connectivity index (χ2v) is 10.9. The summed E-state index contributed by atoms with van der Waals surface area (Å²) in [5.74, 6) is 1.93. The maximum atomic E-state index is 14.0. The van der Waals surface area contributed by atoms with Crippen LogP contribution in [0.3, 0.4) is 0 Å². The van der Waals surface area contributed by atoms with Crippen LogP contribution in [-0.4, -0.2) is 54.0 Å². The fourth-order valence-electron chi connectivity index (χ4n) is 5.91. The molecule has 5 nitrogen and oxygen atoms in total. The van der Waals surface area contributed by atoms with Gasteiger partial charge in [-0.3, -0.25) is 4.79 Å². The van der Waals surface area contributed by atoms with E-state index < -0.39 is 0 Å². The van der Waals surface area contributed by atoms with Gasteiger partial charge in [0.25, 0.3) is 0 Å². The normalized spacial score (nSPS) is 23.1. The molecular weight excluding hydrogens is 434 g/mol. The lowest BCUT2D eigenvalue weighted by Crippen LogP contribution is -2.57. The largest absolute Gasteiger partial charge is 0.490 e. The molecule has 0 aromatic heterocycles. The highest BCUT2D eigenvalue weighted by atomic mass is 16.5. The molecule has 1 N–H and O–H groups in total. The Morgan fingerprint density at radius 3 is 2.49 bits per heavy atom. The van der Waals surface area contributed by atoms with Crippen molar-refractivity contribution >= 4 is 5.91 Å². The van der Waals surface area contributed by atoms with Crippen molar-refractivity contribution in [2.24, 2.45) is 5.92 Å². The Morgan fingerprint density at radius 2 is 1.71 bits per heavy atom. The van der Waals surface area contributed by atoms with Gasteiger partial charge in [-0.25, -0.2) is 0 Å². The molecule has 3 fully saturated rings. The van der Waals surface area contributed by atoms with Gasteiger partial charge in [0, 0.05) is 32.2 Å². The number of hydrogen-bond donors (Lipinski definition) is 1. The summed E-state index contributed by atoms with van der Waals surface area (Å²) < 4.78 is 5.90. The number of likely N-dealkylation sites (tertiary alicyclic amines) is 1. The minimum absolute atomic E-state index is 0.216. The van der Waals surface area contributed by atoms with E-state index in [1.54, 1.807) is 0 Å². The van der Waals surface area contributed by atoms with Crippen LogP contribution in [0, 0.1) is 5.92 Å². The van der Waals surface area contributed by atoms with Crippen LogP contribution >= 0.6 is 0 Å². The minimum atomic E-state index is -0.216. The van der Waals surface area contributed by atoms with E-state index in [9.17, 15) is 4.79 Å². The quantitative estimate of drug-likeness (QED) is 0.525. The van der Waals surface area contributed by atoms with E-state index >= 15 is 0 Å². The monoisotopic (exact) mass is 475 g/mol. The van der Waals surface area contributed by atoms with E-state index in [0.717, 1.165) is 25.3 Å². The number of rotatable bonds is 10. The number of carbonyl (C=O) groups is 1. The molecule has 2 aliphatic carbocycles. The second kappa shape index (κ2) is 11.6. The van der Waals surface area contributed by atoms with Crippen molar-refractivity contribution in [2.75, 3.05) is 20.1 Å². The second-order valence-electron chi connectivity index (χ2n) is 10.9. The van der Waals surface area contributed by atoms with Crippen LogP contribution in [-0.2, 0) is 17.9 Å². The topological polar surface area (TPSA) is 44.8 Å². The standard InChI is InChI=1S/C30H41N3O2/c1-32(21-24-8-3-2-4-9-24)22-28(30(34)33-19-7-11-25-10-5-6-12-29(25)33)31-20-23-13-15-26(16-14-23)35-27-17-18-27/h2-4,8-9,13-16,25,27-29,31H,5-7,10-12,17-22H2,1H3/t25-,28-,29+/m1/s1. The van der Waals surface area contributed by atoms with Crippen molar-refractivity contribution in [1.82, 2.24) is 15.1 Å². The molecular formula is C30H41N3O2. The lowest BCUT2D eigenvalue weighted by Gasteiger charge is -2.45. The molecule has 2 saturated carbocycles. The van der Waals surface area contributed by atoms with Gasteiger partial charge in [0.15, 0.2) is 0 Å². The van der Waals surface area contributed by atoms with Crippen LogP contribution < -0.4 is 10.1 Å². The maximum Gasteiger partial charge on any atom is 0.241 e. The highest BCUT2D eigenvalue weighted by molar-refractivity contribution is 5.82. The zero-order valence-electron chi connectivity index (χ0n) is 21.2. The van der Waals surface area contributed by atoms with E-state index in [1.807, 2.05) is 0 Å². The van der Waals surface area contributed by atoms with E-state index in [-0.39, 0.29) is 11.9 Å². The third kappa shape index (κ3) is 6.65. The van der Waals surface area contributed by atoms with E-state index in [4.69, 9.17) is 4.74 Å². The highest BCUT2D eigenvalue weighted by Gasteiger charge is 2.38. The van der Waals surface area contributed by atoms with Gasteiger partial charge >= 0.3 is 0 Å². The first-order valence-corrected chi connectivity index (χ1v) is 13.7. The molecule has 188 valence electrons. The van der Waals surface area contributed by atoms with Crippen LogP contribution in [0.2, 0.25) is 0 Å². The van der Waals surface area contributed by atoms with Gasteiger partial charge in [-0.05, 0) is 74.8 Å². The van der Waals surface area contributed by atoms with Crippen molar-refractivity contribution in [3.63, 3.8) is 0 Å². The van der Waals surface area contributed by atoms with E-state index in [2.05, 4.69) is 76.8 Å². The van der Waals surface area contributed by atoms with Gasteiger partial charge in [0.05, 0.1) is 12.1 Å². The van der Waals surface area contributed by atoms with Gasteiger partial charge in [-0.15, -0.1) is 0 Å². The Labute approximate surface area is 210 Å². The van der Waals surface area contributed by atoms with Crippen molar-refractivity contribution in [2.45, 2.75) is 82.6 Å². The molecule has 2 aromatic rings. The average molecular weight is 476 g/mol. The average Bonchev–Trinajstić information content (AvgIpc) is 3.71. The van der Waals surface area contributed by atoms with Crippen LogP contribution in [0.5, 0.6) is 5.75 Å². The molecule has 1 aliphatic heterocycles. The summed E-state index contributed by atoms with van der Waals surface area (Å²) in [5.41, 5.74) is 2.46. The van der Waals surface area contributed by atoms with Gasteiger partial charge in [0.2, 0.25) is 5.91 Å². The fraction of sp³-hybridized carbons (Fsp3) is 0.567. The molecule has 0 radical (unpaired) electrons.